The summed E-state index contributed by atoms with van der Waals surface area (Å²) in [5.41, 5.74) is -0.914. The minimum absolute atomic E-state index is 0.192. The largest absolute Gasteiger partial charge is 0.454 e. The van der Waals surface area contributed by atoms with Crippen molar-refractivity contribution in [3.8, 4) is 0 Å². The fourth-order valence-corrected chi connectivity index (χ4v) is 5.25. The Morgan fingerprint density at radius 2 is 1.72 bits per heavy atom. The van der Waals surface area contributed by atoms with Crippen LogP contribution in [-0.2, 0) is 0 Å². The number of halogens is 5. The fourth-order valence-electron chi connectivity index (χ4n) is 1.57. The second-order valence-electron chi connectivity index (χ2n) is 4.86. The molecular formula is C11H11BrF4OSi. The first kappa shape index (κ1) is 15.4. The van der Waals surface area contributed by atoms with Crippen molar-refractivity contribution in [3.05, 3.63) is 28.0 Å². The van der Waals surface area contributed by atoms with Crippen molar-refractivity contribution in [3.63, 3.8) is 0 Å². The van der Waals surface area contributed by atoms with Crippen molar-refractivity contribution in [2.45, 2.75) is 25.8 Å². The maximum Gasteiger partial charge on any atom is 0.454 e. The van der Waals surface area contributed by atoms with Gasteiger partial charge in [-0.1, -0.05) is 35.6 Å². The van der Waals surface area contributed by atoms with E-state index in [1.165, 1.54) is 6.07 Å². The van der Waals surface area contributed by atoms with Crippen molar-refractivity contribution < 1.29 is 22.4 Å². The van der Waals surface area contributed by atoms with Crippen LogP contribution in [0.4, 0.5) is 17.6 Å². The van der Waals surface area contributed by atoms with E-state index in [2.05, 4.69) is 15.9 Å². The van der Waals surface area contributed by atoms with Gasteiger partial charge >= 0.3 is 6.18 Å². The molecule has 0 aliphatic rings. The summed E-state index contributed by atoms with van der Waals surface area (Å²) in [4.78, 5) is 11.1. The Bertz CT molecular complexity index is 491. The number of Topliss-reactive ketones (excluding diaryl/α,β-unsaturated/α-hetero) is 1. The van der Waals surface area contributed by atoms with E-state index in [4.69, 9.17) is 0 Å². The zero-order valence-corrected chi connectivity index (χ0v) is 12.5. The Morgan fingerprint density at radius 1 is 1.22 bits per heavy atom. The number of hydrogen-bond acceptors (Lipinski definition) is 1. The highest BCUT2D eigenvalue weighted by molar-refractivity contribution is 9.10. The molecular weight excluding hydrogens is 332 g/mol. The summed E-state index contributed by atoms with van der Waals surface area (Å²) in [6.45, 7) is 5.37. The number of benzene rings is 1. The van der Waals surface area contributed by atoms with Crippen LogP contribution >= 0.6 is 15.9 Å². The highest BCUT2D eigenvalue weighted by Crippen LogP contribution is 2.25. The number of ketones is 1. The van der Waals surface area contributed by atoms with E-state index < -0.39 is 31.4 Å². The van der Waals surface area contributed by atoms with Crippen LogP contribution < -0.4 is 5.19 Å². The molecule has 100 valence electrons. The maximum atomic E-state index is 14.1. The van der Waals surface area contributed by atoms with E-state index >= 15 is 0 Å². The highest BCUT2D eigenvalue weighted by Gasteiger charge is 2.42. The lowest BCUT2D eigenvalue weighted by atomic mass is 10.1. The topological polar surface area (TPSA) is 17.1 Å². The highest BCUT2D eigenvalue weighted by atomic mass is 79.9. The lowest BCUT2D eigenvalue weighted by Crippen LogP contribution is -2.42. The van der Waals surface area contributed by atoms with Crippen LogP contribution in [0.25, 0.3) is 0 Å². The fraction of sp³-hybridized carbons (Fsp3) is 0.364. The average Bonchev–Trinajstić information content (AvgIpc) is 2.13. The summed E-state index contributed by atoms with van der Waals surface area (Å²) >= 11 is 3.12. The molecule has 0 aliphatic heterocycles. The standard InChI is InChI=1S/C11H11BrF4OSi/c1-18(2,3)9-7(12)5-4-6(8(9)13)10(17)11(14,15)16/h4-5H,1-3H3. The molecule has 1 aromatic carbocycles. The third-order valence-corrected chi connectivity index (χ3v) is 5.36. The van der Waals surface area contributed by atoms with Gasteiger partial charge in [-0.2, -0.15) is 13.2 Å². The van der Waals surface area contributed by atoms with Gasteiger partial charge in [0.15, 0.2) is 0 Å². The molecule has 1 rings (SSSR count). The first-order valence-electron chi connectivity index (χ1n) is 5.06. The molecule has 0 saturated heterocycles. The van der Waals surface area contributed by atoms with Gasteiger partial charge in [0.2, 0.25) is 0 Å². The smallest absolute Gasteiger partial charge is 0.284 e. The van der Waals surface area contributed by atoms with E-state index in [0.717, 1.165) is 6.07 Å². The Balaban J connectivity index is 3.49. The van der Waals surface area contributed by atoms with Crippen LogP contribution in [-0.4, -0.2) is 20.0 Å². The molecule has 0 spiro atoms. The summed E-state index contributed by atoms with van der Waals surface area (Å²) in [7, 11) is -2.20. The molecule has 0 fully saturated rings. The number of alkyl halides is 3. The molecule has 18 heavy (non-hydrogen) atoms. The second-order valence-corrected chi connectivity index (χ2v) is 10.7. The molecule has 7 heteroatoms. The van der Waals surface area contributed by atoms with Crippen molar-refractivity contribution >= 4 is 35.0 Å². The third kappa shape index (κ3) is 3.00. The van der Waals surface area contributed by atoms with E-state index in [-0.39, 0.29) is 5.19 Å². The first-order chi connectivity index (χ1) is 7.96. The van der Waals surface area contributed by atoms with Crippen LogP contribution in [0.1, 0.15) is 10.4 Å². The van der Waals surface area contributed by atoms with Gasteiger partial charge in [-0.05, 0) is 17.3 Å². The van der Waals surface area contributed by atoms with Crippen molar-refractivity contribution in [1.82, 2.24) is 0 Å². The zero-order valence-electron chi connectivity index (χ0n) is 9.95. The average molecular weight is 343 g/mol. The van der Waals surface area contributed by atoms with Crippen LogP contribution in [0.5, 0.6) is 0 Å². The third-order valence-electron chi connectivity index (χ3n) is 2.34. The molecule has 0 unspecified atom stereocenters. The van der Waals surface area contributed by atoms with E-state index in [9.17, 15) is 22.4 Å². The summed E-state index contributed by atoms with van der Waals surface area (Å²) in [6, 6.07) is 2.15. The van der Waals surface area contributed by atoms with Crippen LogP contribution in [0.2, 0.25) is 19.6 Å². The summed E-state index contributed by atoms with van der Waals surface area (Å²) < 4.78 is 51.5. The summed E-state index contributed by atoms with van der Waals surface area (Å²) in [5.74, 6) is -3.21. The van der Waals surface area contributed by atoms with Gasteiger partial charge in [0, 0.05) is 4.47 Å². The molecule has 1 nitrogen and oxygen atoms in total. The second kappa shape index (κ2) is 4.77. The molecule has 0 atom stereocenters. The zero-order chi connectivity index (χ0) is 14.3. The molecule has 0 radical (unpaired) electrons. The van der Waals surface area contributed by atoms with Gasteiger partial charge in [-0.25, -0.2) is 4.39 Å². The van der Waals surface area contributed by atoms with Crippen molar-refractivity contribution in [2.24, 2.45) is 0 Å². The summed E-state index contributed by atoms with van der Waals surface area (Å²) in [6.07, 6.45) is -5.06. The number of carbonyl (C=O) groups is 1. The molecule has 0 aliphatic carbocycles. The number of rotatable bonds is 2. The van der Waals surface area contributed by atoms with Gasteiger partial charge in [0.25, 0.3) is 5.78 Å². The Hall–Kier alpha value is -0.693. The molecule has 0 N–H and O–H groups in total. The molecule has 0 heterocycles. The van der Waals surface area contributed by atoms with Crippen LogP contribution in [0.15, 0.2) is 16.6 Å². The van der Waals surface area contributed by atoms with Gasteiger partial charge in [-0.15, -0.1) is 0 Å². The van der Waals surface area contributed by atoms with Crippen molar-refractivity contribution in [1.29, 1.82) is 0 Å². The Labute approximate surface area is 111 Å². The maximum absolute atomic E-state index is 14.1. The Kier molecular flexibility index (Phi) is 4.07. The minimum atomic E-state index is -5.06. The van der Waals surface area contributed by atoms with Crippen molar-refractivity contribution in [2.75, 3.05) is 0 Å². The quantitative estimate of drug-likeness (QED) is 0.453. The van der Waals surface area contributed by atoms with Gasteiger partial charge in [0.1, 0.15) is 5.82 Å². The predicted molar refractivity (Wildman–Crippen MR) is 67.5 cm³/mol. The Morgan fingerprint density at radius 3 is 2.11 bits per heavy atom. The molecule has 0 aromatic heterocycles. The lowest BCUT2D eigenvalue weighted by Gasteiger charge is -2.21. The van der Waals surface area contributed by atoms with E-state index in [0.29, 0.717) is 4.47 Å². The van der Waals surface area contributed by atoms with Crippen LogP contribution in [0, 0.1) is 5.82 Å². The van der Waals surface area contributed by atoms with Crippen LogP contribution in [0.3, 0.4) is 0 Å². The summed E-state index contributed by atoms with van der Waals surface area (Å²) in [5, 5.41) is 0.192. The van der Waals surface area contributed by atoms with E-state index in [1.54, 1.807) is 19.6 Å². The SMILES string of the molecule is C[Si](C)(C)c1c(Br)ccc(C(=O)C(F)(F)F)c1F. The lowest BCUT2D eigenvalue weighted by molar-refractivity contribution is -0.0887. The van der Waals surface area contributed by atoms with Gasteiger partial charge in [0.05, 0.1) is 13.6 Å². The van der Waals surface area contributed by atoms with Gasteiger partial charge < -0.3 is 0 Å². The van der Waals surface area contributed by atoms with Gasteiger partial charge in [-0.3, -0.25) is 4.79 Å². The first-order valence-corrected chi connectivity index (χ1v) is 9.35. The molecule has 0 bridgehead atoms. The molecule has 0 amide bonds. The minimum Gasteiger partial charge on any atom is -0.284 e. The predicted octanol–water partition coefficient (Wildman–Crippen LogP) is 3.88. The molecule has 0 saturated carbocycles. The normalized spacial score (nSPS) is 12.7. The van der Waals surface area contributed by atoms with E-state index in [1.807, 2.05) is 0 Å². The number of hydrogen-bond donors (Lipinski definition) is 0. The number of carbonyl (C=O) groups excluding carboxylic acids is 1. The molecule has 1 aromatic rings. The monoisotopic (exact) mass is 342 g/mol.